The van der Waals surface area contributed by atoms with Crippen LogP contribution in [0.4, 0.5) is 0 Å². The van der Waals surface area contributed by atoms with Gasteiger partial charge in [0.05, 0.1) is 16.3 Å². The molecule has 0 atom stereocenters. The van der Waals surface area contributed by atoms with Crippen molar-refractivity contribution in [2.75, 3.05) is 0 Å². The van der Waals surface area contributed by atoms with Gasteiger partial charge in [-0.05, 0) is 24.3 Å². The summed E-state index contributed by atoms with van der Waals surface area (Å²) in [5, 5.41) is 13.0. The lowest BCUT2D eigenvalue weighted by Gasteiger charge is -2.03. The van der Waals surface area contributed by atoms with Gasteiger partial charge in [-0.15, -0.1) is 0 Å². The minimum absolute atomic E-state index is 0.0460. The first-order chi connectivity index (χ1) is 8.50. The predicted octanol–water partition coefficient (Wildman–Crippen LogP) is 0.250. The van der Waals surface area contributed by atoms with E-state index in [0.717, 1.165) is 0 Å². The number of hydrogen-bond donors (Lipinski definition) is 2. The molecule has 1 heterocycles. The molecule has 4 N–H and O–H groups in total. The van der Waals surface area contributed by atoms with Crippen LogP contribution in [0.15, 0.2) is 41.3 Å². The summed E-state index contributed by atoms with van der Waals surface area (Å²) in [7, 11) is -3.71. The molecule has 1 aromatic heterocycles. The van der Waals surface area contributed by atoms with Gasteiger partial charge in [-0.1, -0.05) is 12.1 Å². The topological polar surface area (TPSA) is 112 Å². The Morgan fingerprint density at radius 3 is 2.44 bits per heavy atom. The van der Waals surface area contributed by atoms with E-state index in [0.29, 0.717) is 23.5 Å². The zero-order chi connectivity index (χ0) is 13.2. The molecule has 94 valence electrons. The van der Waals surface area contributed by atoms with E-state index < -0.39 is 10.0 Å². The molecule has 0 fully saturated rings. The van der Waals surface area contributed by atoms with Crippen LogP contribution in [0, 0.1) is 0 Å². The maximum Gasteiger partial charge on any atom is 0.238 e. The molecule has 18 heavy (non-hydrogen) atoms. The molecule has 0 bridgehead atoms. The van der Waals surface area contributed by atoms with Gasteiger partial charge in [0.15, 0.2) is 0 Å². The number of benzene rings is 1. The van der Waals surface area contributed by atoms with Gasteiger partial charge in [0, 0.05) is 12.1 Å². The lowest BCUT2D eigenvalue weighted by molar-refractivity contribution is 0.598. The number of aromatic nitrogens is 2. The van der Waals surface area contributed by atoms with Crippen LogP contribution in [0.3, 0.4) is 0 Å². The lowest BCUT2D eigenvalue weighted by atomic mass is 10.1. The summed E-state index contributed by atoms with van der Waals surface area (Å²) in [6.07, 6.45) is 0. The third-order valence-corrected chi connectivity index (χ3v) is 3.30. The van der Waals surface area contributed by atoms with Crippen molar-refractivity contribution >= 4 is 10.0 Å². The summed E-state index contributed by atoms with van der Waals surface area (Å²) in [4.78, 5) is 0.0460. The Hall–Kier alpha value is -1.83. The Morgan fingerprint density at radius 1 is 1.11 bits per heavy atom. The molecule has 2 rings (SSSR count). The second kappa shape index (κ2) is 4.81. The summed E-state index contributed by atoms with van der Waals surface area (Å²) >= 11 is 0. The highest BCUT2D eigenvalue weighted by Gasteiger charge is 2.09. The first kappa shape index (κ1) is 12.6. The largest absolute Gasteiger partial charge is 0.325 e. The monoisotopic (exact) mass is 264 g/mol. The van der Waals surface area contributed by atoms with Crippen LogP contribution in [-0.2, 0) is 16.6 Å². The van der Waals surface area contributed by atoms with E-state index in [2.05, 4.69) is 10.2 Å². The Bertz CT molecular complexity index is 653. The van der Waals surface area contributed by atoms with Gasteiger partial charge in [0.25, 0.3) is 0 Å². The molecule has 1 aromatic carbocycles. The van der Waals surface area contributed by atoms with Crippen molar-refractivity contribution in [1.29, 1.82) is 0 Å². The Kier molecular flexibility index (Phi) is 3.37. The standard InChI is InChI=1S/C11H12N4O2S/c12-7-9-4-5-11(15-14-9)8-2-1-3-10(6-8)18(13,16)17/h1-6H,7,12H2,(H2,13,16,17). The summed E-state index contributed by atoms with van der Waals surface area (Å²) in [6.45, 7) is 0.310. The van der Waals surface area contributed by atoms with E-state index in [4.69, 9.17) is 10.9 Å². The average Bonchev–Trinajstić information content (AvgIpc) is 2.38. The van der Waals surface area contributed by atoms with Crippen molar-refractivity contribution in [2.24, 2.45) is 10.9 Å². The van der Waals surface area contributed by atoms with Crippen LogP contribution in [0.5, 0.6) is 0 Å². The van der Waals surface area contributed by atoms with Crippen molar-refractivity contribution in [3.05, 3.63) is 42.1 Å². The Morgan fingerprint density at radius 2 is 1.89 bits per heavy atom. The predicted molar refractivity (Wildman–Crippen MR) is 66.7 cm³/mol. The van der Waals surface area contributed by atoms with Crippen LogP contribution in [0.1, 0.15) is 5.69 Å². The molecule has 0 spiro atoms. The smallest absolute Gasteiger partial charge is 0.238 e. The zero-order valence-electron chi connectivity index (χ0n) is 9.45. The van der Waals surface area contributed by atoms with E-state index in [1.807, 2.05) is 0 Å². The second-order valence-corrected chi connectivity index (χ2v) is 5.25. The highest BCUT2D eigenvalue weighted by Crippen LogP contribution is 2.19. The molecule has 0 saturated heterocycles. The van der Waals surface area contributed by atoms with Gasteiger partial charge in [0.2, 0.25) is 10.0 Å². The van der Waals surface area contributed by atoms with Crippen molar-refractivity contribution in [2.45, 2.75) is 11.4 Å². The molecule has 0 amide bonds. The SMILES string of the molecule is NCc1ccc(-c2cccc(S(N)(=O)=O)c2)nn1. The summed E-state index contributed by atoms with van der Waals surface area (Å²) in [5.41, 5.74) is 7.29. The Labute approximate surface area is 105 Å². The molecule has 0 unspecified atom stereocenters. The van der Waals surface area contributed by atoms with Gasteiger partial charge in [0.1, 0.15) is 0 Å². The van der Waals surface area contributed by atoms with E-state index in [-0.39, 0.29) is 4.90 Å². The third kappa shape index (κ3) is 2.70. The number of hydrogen-bond acceptors (Lipinski definition) is 5. The number of rotatable bonds is 3. The maximum absolute atomic E-state index is 11.2. The van der Waals surface area contributed by atoms with Gasteiger partial charge in [-0.3, -0.25) is 0 Å². The fraction of sp³-hybridized carbons (Fsp3) is 0.0909. The zero-order valence-corrected chi connectivity index (χ0v) is 10.3. The molecular formula is C11H12N4O2S. The summed E-state index contributed by atoms with van der Waals surface area (Å²) in [6, 6.07) is 9.71. The number of primary sulfonamides is 1. The quantitative estimate of drug-likeness (QED) is 0.825. The van der Waals surface area contributed by atoms with Crippen molar-refractivity contribution in [1.82, 2.24) is 10.2 Å². The van der Waals surface area contributed by atoms with E-state index in [1.165, 1.54) is 12.1 Å². The van der Waals surface area contributed by atoms with Gasteiger partial charge in [-0.2, -0.15) is 10.2 Å². The van der Waals surface area contributed by atoms with Crippen LogP contribution < -0.4 is 10.9 Å². The molecule has 0 aliphatic carbocycles. The molecule has 0 radical (unpaired) electrons. The number of nitrogens with two attached hydrogens (primary N) is 2. The summed E-state index contributed by atoms with van der Waals surface area (Å²) < 4.78 is 22.5. The van der Waals surface area contributed by atoms with Gasteiger partial charge < -0.3 is 5.73 Å². The highest BCUT2D eigenvalue weighted by molar-refractivity contribution is 7.89. The van der Waals surface area contributed by atoms with Crippen LogP contribution >= 0.6 is 0 Å². The third-order valence-electron chi connectivity index (χ3n) is 2.39. The normalized spacial score (nSPS) is 11.4. The van der Waals surface area contributed by atoms with Crippen molar-refractivity contribution < 1.29 is 8.42 Å². The molecule has 6 nitrogen and oxygen atoms in total. The summed E-state index contributed by atoms with van der Waals surface area (Å²) in [5.74, 6) is 0. The lowest BCUT2D eigenvalue weighted by Crippen LogP contribution is -2.12. The number of nitrogens with zero attached hydrogens (tertiary/aromatic N) is 2. The Balaban J connectivity index is 2.44. The molecule has 7 heteroatoms. The first-order valence-corrected chi connectivity index (χ1v) is 6.71. The fourth-order valence-electron chi connectivity index (χ4n) is 1.46. The molecule has 2 aromatic rings. The van der Waals surface area contributed by atoms with E-state index in [1.54, 1.807) is 24.3 Å². The first-order valence-electron chi connectivity index (χ1n) is 5.16. The van der Waals surface area contributed by atoms with Gasteiger partial charge in [-0.25, -0.2) is 13.6 Å². The molecule has 0 aliphatic heterocycles. The molecular weight excluding hydrogens is 252 g/mol. The van der Waals surface area contributed by atoms with Crippen LogP contribution in [-0.4, -0.2) is 18.6 Å². The van der Waals surface area contributed by atoms with Crippen LogP contribution in [0.2, 0.25) is 0 Å². The minimum atomic E-state index is -3.71. The van der Waals surface area contributed by atoms with E-state index >= 15 is 0 Å². The average molecular weight is 264 g/mol. The molecule has 0 saturated carbocycles. The maximum atomic E-state index is 11.2. The highest BCUT2D eigenvalue weighted by atomic mass is 32.2. The minimum Gasteiger partial charge on any atom is -0.325 e. The fourth-order valence-corrected chi connectivity index (χ4v) is 2.01. The molecule has 0 aliphatic rings. The van der Waals surface area contributed by atoms with Crippen LogP contribution in [0.25, 0.3) is 11.3 Å². The van der Waals surface area contributed by atoms with E-state index in [9.17, 15) is 8.42 Å². The second-order valence-electron chi connectivity index (χ2n) is 3.69. The number of sulfonamides is 1. The van der Waals surface area contributed by atoms with Crippen molar-refractivity contribution in [3.63, 3.8) is 0 Å². The van der Waals surface area contributed by atoms with Gasteiger partial charge >= 0.3 is 0 Å². The van der Waals surface area contributed by atoms with Crippen molar-refractivity contribution in [3.8, 4) is 11.3 Å².